The maximum Gasteiger partial charge on any atom is 0.350 e. The number of aliphatic hydroxyl groups excluding tert-OH is 1. The molecule has 2 aliphatic heterocycles. The molecule has 0 unspecified atom stereocenters. The molecule has 1 N–H and O–H groups in total. The van der Waals surface area contributed by atoms with Crippen LogP contribution in [0.15, 0.2) is 84.6 Å². The fourth-order valence-electron chi connectivity index (χ4n) is 6.20. The summed E-state index contributed by atoms with van der Waals surface area (Å²) >= 11 is 0. The lowest BCUT2D eigenvalue weighted by Crippen LogP contribution is -2.46. The van der Waals surface area contributed by atoms with Gasteiger partial charge in [-0.25, -0.2) is 37.5 Å². The van der Waals surface area contributed by atoms with E-state index in [2.05, 4.69) is 30.0 Å². The minimum Gasteiger partial charge on any atom is -0.491 e. The van der Waals surface area contributed by atoms with Crippen LogP contribution >= 0.6 is 0 Å². The highest BCUT2D eigenvalue weighted by Crippen LogP contribution is 2.38. The van der Waals surface area contributed by atoms with Crippen molar-refractivity contribution in [3.63, 3.8) is 0 Å². The molecule has 2 atom stereocenters. The SMILES string of the molecule is CC(C)(CO)Cn1ncn(-c2ccc(N3CCN(c4ccc(OC[C@H]5CO[C@](Cn6cncn6)(c6ccc(F)cc6F)O5)cc4)CC3)nc2)c1=O. The van der Waals surface area contributed by atoms with Gasteiger partial charge in [-0.1, -0.05) is 13.8 Å². The maximum absolute atomic E-state index is 14.9. The lowest BCUT2D eigenvalue weighted by atomic mass is 9.95. The molecule has 3 aromatic heterocycles. The molecule has 0 spiro atoms. The first-order valence-electron chi connectivity index (χ1n) is 16.7. The number of benzene rings is 2. The van der Waals surface area contributed by atoms with Gasteiger partial charge < -0.3 is 29.1 Å². The van der Waals surface area contributed by atoms with Crippen LogP contribution in [0.5, 0.6) is 5.75 Å². The summed E-state index contributed by atoms with van der Waals surface area (Å²) in [5.41, 5.74) is 1.01. The zero-order valence-electron chi connectivity index (χ0n) is 28.3. The summed E-state index contributed by atoms with van der Waals surface area (Å²) in [4.78, 5) is 25.9. The quantitative estimate of drug-likeness (QED) is 0.205. The highest BCUT2D eigenvalue weighted by molar-refractivity contribution is 5.52. The van der Waals surface area contributed by atoms with Gasteiger partial charge in [0.05, 0.1) is 25.0 Å². The van der Waals surface area contributed by atoms with Crippen LogP contribution in [-0.4, -0.2) is 91.3 Å². The van der Waals surface area contributed by atoms with Gasteiger partial charge >= 0.3 is 5.69 Å². The van der Waals surface area contributed by atoms with E-state index >= 15 is 0 Å². The summed E-state index contributed by atoms with van der Waals surface area (Å²) < 4.78 is 51.1. The van der Waals surface area contributed by atoms with Crippen LogP contribution in [0.2, 0.25) is 0 Å². The molecule has 7 rings (SSSR count). The number of piperazine rings is 1. The van der Waals surface area contributed by atoms with Crippen molar-refractivity contribution in [3.05, 3.63) is 107 Å². The van der Waals surface area contributed by atoms with E-state index < -0.39 is 28.9 Å². The Bertz CT molecular complexity index is 1980. The number of pyridine rings is 1. The zero-order valence-corrected chi connectivity index (χ0v) is 28.3. The molecule has 0 saturated carbocycles. The first kappa shape index (κ1) is 34.3. The second-order valence-electron chi connectivity index (χ2n) is 13.4. The number of anilines is 2. The van der Waals surface area contributed by atoms with E-state index in [1.165, 1.54) is 45.0 Å². The van der Waals surface area contributed by atoms with Gasteiger partial charge in [0.15, 0.2) is 0 Å². The Hall–Kier alpha value is -5.19. The molecule has 2 aromatic carbocycles. The van der Waals surface area contributed by atoms with Gasteiger partial charge in [0, 0.05) is 55.5 Å². The van der Waals surface area contributed by atoms with E-state index in [1.807, 2.05) is 50.2 Å². The summed E-state index contributed by atoms with van der Waals surface area (Å²) in [5, 5.41) is 17.9. The molecule has 0 aliphatic carbocycles. The first-order valence-corrected chi connectivity index (χ1v) is 16.7. The Balaban J connectivity index is 0.918. The molecular weight excluding hydrogens is 664 g/mol. The van der Waals surface area contributed by atoms with E-state index in [0.717, 1.165) is 43.8 Å². The molecule has 2 saturated heterocycles. The number of hydrogen-bond acceptors (Lipinski definition) is 11. The third kappa shape index (κ3) is 7.48. The fraction of sp³-hybridized carbons (Fsp3) is 0.400. The molecule has 2 aliphatic rings. The van der Waals surface area contributed by atoms with E-state index in [0.29, 0.717) is 18.0 Å². The minimum absolute atomic E-state index is 0.0225. The van der Waals surface area contributed by atoms with Crippen LogP contribution in [0, 0.1) is 17.0 Å². The number of aromatic nitrogens is 7. The number of nitrogens with zero attached hydrogens (tertiary/aromatic N) is 9. The topological polar surface area (TPSA) is 138 Å². The van der Waals surface area contributed by atoms with Gasteiger partial charge in [0.1, 0.15) is 61.4 Å². The second kappa shape index (κ2) is 14.2. The molecule has 16 heteroatoms. The molecule has 268 valence electrons. The number of halogens is 2. The smallest absolute Gasteiger partial charge is 0.350 e. The molecule has 51 heavy (non-hydrogen) atoms. The molecule has 0 bridgehead atoms. The molecule has 0 radical (unpaired) electrons. The largest absolute Gasteiger partial charge is 0.491 e. The molecule has 14 nitrogen and oxygen atoms in total. The molecule has 0 amide bonds. The highest BCUT2D eigenvalue weighted by Gasteiger charge is 2.46. The van der Waals surface area contributed by atoms with Crippen molar-refractivity contribution in [3.8, 4) is 11.4 Å². The maximum atomic E-state index is 14.9. The van der Waals surface area contributed by atoms with Crippen LogP contribution in [0.3, 0.4) is 0 Å². The lowest BCUT2D eigenvalue weighted by Gasteiger charge is -2.36. The van der Waals surface area contributed by atoms with Gasteiger partial charge in [-0.2, -0.15) is 10.2 Å². The number of rotatable bonds is 12. The molecule has 5 heterocycles. The Morgan fingerprint density at radius 1 is 0.980 bits per heavy atom. The number of aliphatic hydroxyl groups is 1. The number of hydrogen-bond donors (Lipinski definition) is 1. The van der Waals surface area contributed by atoms with Crippen molar-refractivity contribution in [2.45, 2.75) is 38.8 Å². The summed E-state index contributed by atoms with van der Waals surface area (Å²) in [6.07, 6.45) is 5.46. The Morgan fingerprint density at radius 3 is 2.43 bits per heavy atom. The average Bonchev–Trinajstić information content (AvgIpc) is 3.89. The molecule has 2 fully saturated rings. The van der Waals surface area contributed by atoms with Crippen LogP contribution in [0.25, 0.3) is 5.69 Å². The van der Waals surface area contributed by atoms with Crippen molar-refractivity contribution >= 4 is 11.5 Å². The Morgan fingerprint density at radius 2 is 1.75 bits per heavy atom. The Labute approximate surface area is 292 Å². The van der Waals surface area contributed by atoms with Gasteiger partial charge in [0.25, 0.3) is 0 Å². The van der Waals surface area contributed by atoms with E-state index in [9.17, 15) is 18.7 Å². The van der Waals surface area contributed by atoms with Crippen LogP contribution < -0.4 is 20.2 Å². The third-order valence-corrected chi connectivity index (χ3v) is 9.03. The summed E-state index contributed by atoms with van der Waals surface area (Å²) in [6, 6.07) is 14.9. The van der Waals surface area contributed by atoms with Gasteiger partial charge in [-0.3, -0.25) is 0 Å². The minimum atomic E-state index is -1.52. The van der Waals surface area contributed by atoms with Crippen molar-refractivity contribution in [2.75, 3.05) is 55.8 Å². The van der Waals surface area contributed by atoms with Crippen LogP contribution in [0.1, 0.15) is 19.4 Å². The van der Waals surface area contributed by atoms with Gasteiger partial charge in [-0.05, 0) is 48.5 Å². The highest BCUT2D eigenvalue weighted by atomic mass is 19.1. The monoisotopic (exact) mass is 703 g/mol. The summed E-state index contributed by atoms with van der Waals surface area (Å²) in [6.45, 7) is 7.43. The third-order valence-electron chi connectivity index (χ3n) is 9.03. The zero-order chi connectivity index (χ0) is 35.6. The molecular formula is C35H39F2N9O5. The first-order chi connectivity index (χ1) is 24.6. The summed E-state index contributed by atoms with van der Waals surface area (Å²) in [5.74, 6) is -1.52. The fourth-order valence-corrected chi connectivity index (χ4v) is 6.20. The van der Waals surface area contributed by atoms with Gasteiger partial charge in [0.2, 0.25) is 5.79 Å². The standard InChI is InChI=1S/C35H39F2N9O5/c1-34(2,21-47)19-46-33(48)45(24-41-46)27-6-10-32(39-16-27)43-13-11-42(12-14-43)26-4-7-28(8-5-26)49-17-29-18-50-35(51-29,20-44-23-38-22-40-44)30-9-3-25(36)15-31(30)37/h3-10,15-16,22-24,29,47H,11-14,17-21H2,1-2H3/t29-,35-/m0/s1. The van der Waals surface area contributed by atoms with Crippen LogP contribution in [-0.2, 0) is 28.4 Å². The van der Waals surface area contributed by atoms with E-state index in [4.69, 9.17) is 14.2 Å². The van der Waals surface area contributed by atoms with Crippen molar-refractivity contribution in [2.24, 2.45) is 5.41 Å². The molecule has 5 aromatic rings. The lowest BCUT2D eigenvalue weighted by molar-refractivity contribution is -0.192. The average molecular weight is 704 g/mol. The predicted molar refractivity (Wildman–Crippen MR) is 182 cm³/mol. The van der Waals surface area contributed by atoms with E-state index in [-0.39, 0.29) is 37.6 Å². The van der Waals surface area contributed by atoms with E-state index in [1.54, 1.807) is 6.20 Å². The van der Waals surface area contributed by atoms with Crippen molar-refractivity contribution in [1.82, 2.24) is 34.1 Å². The van der Waals surface area contributed by atoms with Crippen LogP contribution in [0.4, 0.5) is 20.3 Å². The summed E-state index contributed by atoms with van der Waals surface area (Å²) in [7, 11) is 0. The predicted octanol–water partition coefficient (Wildman–Crippen LogP) is 2.99. The number of ether oxygens (including phenoxy) is 3. The Kier molecular flexibility index (Phi) is 9.54. The van der Waals surface area contributed by atoms with Gasteiger partial charge in [-0.15, -0.1) is 0 Å². The normalized spacial score (nSPS) is 19.5. The second-order valence-corrected chi connectivity index (χ2v) is 13.4. The van der Waals surface area contributed by atoms with Crippen molar-refractivity contribution < 1.29 is 28.1 Å². The van der Waals surface area contributed by atoms with Crippen molar-refractivity contribution in [1.29, 1.82) is 0 Å².